The molecule has 0 aliphatic carbocycles. The molecule has 25 heavy (non-hydrogen) atoms. The Labute approximate surface area is 145 Å². The zero-order chi connectivity index (χ0) is 17.8. The molecule has 0 atom stereocenters. The minimum Gasteiger partial charge on any atom is -0.497 e. The van der Waals surface area contributed by atoms with E-state index in [1.165, 1.54) is 18.2 Å². The van der Waals surface area contributed by atoms with Gasteiger partial charge in [0.15, 0.2) is 5.58 Å². The van der Waals surface area contributed by atoms with Gasteiger partial charge in [-0.25, -0.2) is 4.39 Å². The molecule has 2 aromatic carbocycles. The molecule has 1 aromatic heterocycles. The van der Waals surface area contributed by atoms with Crippen molar-refractivity contribution in [3.05, 3.63) is 59.5 Å². The third-order valence-corrected chi connectivity index (χ3v) is 4.09. The van der Waals surface area contributed by atoms with Gasteiger partial charge in [-0.05, 0) is 42.8 Å². The van der Waals surface area contributed by atoms with Crippen LogP contribution < -0.4 is 4.74 Å². The normalized spacial score (nSPS) is 10.8. The number of carbonyl (C=O) groups excluding carboxylic acids is 1. The lowest BCUT2D eigenvalue weighted by molar-refractivity contribution is -0.130. The Morgan fingerprint density at radius 1 is 1.24 bits per heavy atom. The second-order valence-corrected chi connectivity index (χ2v) is 5.70. The molecule has 1 amide bonds. The van der Waals surface area contributed by atoms with Crippen LogP contribution in [-0.2, 0) is 17.8 Å². The quantitative estimate of drug-likeness (QED) is 0.687. The number of fused-ring (bicyclic) bond motifs is 1. The first kappa shape index (κ1) is 17.0. The van der Waals surface area contributed by atoms with E-state index in [1.54, 1.807) is 12.0 Å². The molecule has 0 fully saturated rings. The topological polar surface area (TPSA) is 55.6 Å². The van der Waals surface area contributed by atoms with Gasteiger partial charge < -0.3 is 14.2 Å². The molecule has 0 aliphatic rings. The van der Waals surface area contributed by atoms with Crippen LogP contribution in [0.2, 0.25) is 0 Å². The molecule has 0 radical (unpaired) electrons. The second-order valence-electron chi connectivity index (χ2n) is 5.70. The second kappa shape index (κ2) is 7.34. The Hall–Kier alpha value is -2.89. The summed E-state index contributed by atoms with van der Waals surface area (Å²) in [4.78, 5) is 14.3. The molecule has 1 heterocycles. The first-order valence-electron chi connectivity index (χ1n) is 8.05. The highest BCUT2D eigenvalue weighted by Crippen LogP contribution is 2.21. The summed E-state index contributed by atoms with van der Waals surface area (Å²) < 4.78 is 23.7. The van der Waals surface area contributed by atoms with Gasteiger partial charge in [0, 0.05) is 18.5 Å². The molecule has 5 nitrogen and oxygen atoms in total. The van der Waals surface area contributed by atoms with Crippen LogP contribution in [0.15, 0.2) is 47.0 Å². The maximum absolute atomic E-state index is 13.4. The Kier molecular flexibility index (Phi) is 4.97. The van der Waals surface area contributed by atoms with Crippen molar-refractivity contribution >= 4 is 16.9 Å². The van der Waals surface area contributed by atoms with Gasteiger partial charge in [0.1, 0.15) is 17.3 Å². The van der Waals surface area contributed by atoms with Crippen molar-refractivity contribution in [1.82, 2.24) is 10.1 Å². The lowest BCUT2D eigenvalue weighted by atomic mass is 10.1. The van der Waals surface area contributed by atoms with E-state index in [9.17, 15) is 9.18 Å². The van der Waals surface area contributed by atoms with E-state index in [-0.39, 0.29) is 18.1 Å². The number of rotatable bonds is 6. The average Bonchev–Trinajstić information content (AvgIpc) is 3.02. The highest BCUT2D eigenvalue weighted by Gasteiger charge is 2.18. The Morgan fingerprint density at radius 3 is 2.68 bits per heavy atom. The molecule has 0 unspecified atom stereocenters. The van der Waals surface area contributed by atoms with Crippen LogP contribution in [0.25, 0.3) is 11.0 Å². The molecule has 0 aliphatic heterocycles. The number of likely N-dealkylation sites (N-methyl/N-ethyl adjacent to an activating group) is 1. The predicted molar refractivity (Wildman–Crippen MR) is 91.8 cm³/mol. The number of amides is 1. The predicted octanol–water partition coefficient (Wildman–Crippen LogP) is 3.57. The van der Waals surface area contributed by atoms with Crippen molar-refractivity contribution < 1.29 is 18.4 Å². The van der Waals surface area contributed by atoms with Gasteiger partial charge in [0.2, 0.25) is 5.91 Å². The average molecular weight is 342 g/mol. The number of benzene rings is 2. The first-order chi connectivity index (χ1) is 12.1. The van der Waals surface area contributed by atoms with Crippen LogP contribution in [0.5, 0.6) is 5.75 Å². The molecule has 130 valence electrons. The van der Waals surface area contributed by atoms with E-state index in [4.69, 9.17) is 9.26 Å². The van der Waals surface area contributed by atoms with Gasteiger partial charge in [0.25, 0.3) is 0 Å². The summed E-state index contributed by atoms with van der Waals surface area (Å²) in [5, 5.41) is 4.45. The Bertz CT molecular complexity index is 874. The van der Waals surface area contributed by atoms with Crippen molar-refractivity contribution in [2.24, 2.45) is 0 Å². The number of hydrogen-bond donors (Lipinski definition) is 0. The SMILES string of the molecule is CCN(Cc1ccc(OC)cc1)C(=O)Cc1noc2ccc(F)cc12. The molecule has 0 saturated carbocycles. The maximum Gasteiger partial charge on any atom is 0.229 e. The third-order valence-electron chi connectivity index (χ3n) is 4.09. The van der Waals surface area contributed by atoms with Gasteiger partial charge in [0.05, 0.1) is 13.5 Å². The molecule has 0 spiro atoms. The minimum atomic E-state index is -0.380. The first-order valence-corrected chi connectivity index (χ1v) is 8.05. The zero-order valence-corrected chi connectivity index (χ0v) is 14.2. The van der Waals surface area contributed by atoms with E-state index in [2.05, 4.69) is 5.16 Å². The molecular weight excluding hydrogens is 323 g/mol. The number of carbonyl (C=O) groups is 1. The zero-order valence-electron chi connectivity index (χ0n) is 14.2. The largest absolute Gasteiger partial charge is 0.497 e. The number of hydrogen-bond acceptors (Lipinski definition) is 4. The van der Waals surface area contributed by atoms with Crippen LogP contribution in [0.3, 0.4) is 0 Å². The number of methoxy groups -OCH3 is 1. The lowest BCUT2D eigenvalue weighted by Gasteiger charge is -2.20. The van der Waals surface area contributed by atoms with Gasteiger partial charge in [-0.3, -0.25) is 4.79 Å². The fourth-order valence-corrected chi connectivity index (χ4v) is 2.67. The summed E-state index contributed by atoms with van der Waals surface area (Å²) in [6.07, 6.45) is 0.0699. The standard InChI is InChI=1S/C19H19FN2O3/c1-3-22(12-13-4-7-15(24-2)8-5-13)19(23)11-17-16-10-14(20)6-9-18(16)25-21-17/h4-10H,3,11-12H2,1-2H3. The monoisotopic (exact) mass is 342 g/mol. The summed E-state index contributed by atoms with van der Waals surface area (Å²) in [7, 11) is 1.61. The number of halogens is 1. The van der Waals surface area contributed by atoms with E-state index in [0.29, 0.717) is 29.8 Å². The molecular formula is C19H19FN2O3. The summed E-state index contributed by atoms with van der Waals surface area (Å²) in [6.45, 7) is 2.97. The van der Waals surface area contributed by atoms with Gasteiger partial charge in [-0.15, -0.1) is 0 Å². The van der Waals surface area contributed by atoms with Gasteiger partial charge in [-0.2, -0.15) is 0 Å². The number of aromatic nitrogens is 1. The molecule has 6 heteroatoms. The van der Waals surface area contributed by atoms with E-state index in [1.807, 2.05) is 31.2 Å². The van der Waals surface area contributed by atoms with E-state index >= 15 is 0 Å². The highest BCUT2D eigenvalue weighted by molar-refractivity contribution is 5.86. The third kappa shape index (κ3) is 3.79. The number of ether oxygens (including phenoxy) is 1. The van der Waals surface area contributed by atoms with Crippen LogP contribution in [0.4, 0.5) is 4.39 Å². The van der Waals surface area contributed by atoms with Crippen molar-refractivity contribution in [3.63, 3.8) is 0 Å². The fraction of sp³-hybridized carbons (Fsp3) is 0.263. The smallest absolute Gasteiger partial charge is 0.229 e. The van der Waals surface area contributed by atoms with Gasteiger partial charge >= 0.3 is 0 Å². The van der Waals surface area contributed by atoms with Crippen molar-refractivity contribution in [3.8, 4) is 5.75 Å². The van der Waals surface area contributed by atoms with Crippen LogP contribution in [0, 0.1) is 5.82 Å². The maximum atomic E-state index is 13.4. The van der Waals surface area contributed by atoms with Crippen LogP contribution in [-0.4, -0.2) is 29.6 Å². The summed E-state index contributed by atoms with van der Waals surface area (Å²) in [6, 6.07) is 11.7. The molecule has 3 rings (SSSR count). The van der Waals surface area contributed by atoms with E-state index in [0.717, 1.165) is 11.3 Å². The van der Waals surface area contributed by atoms with Crippen LogP contribution >= 0.6 is 0 Å². The van der Waals surface area contributed by atoms with Gasteiger partial charge in [-0.1, -0.05) is 17.3 Å². The Balaban J connectivity index is 1.73. The van der Waals surface area contributed by atoms with Crippen molar-refractivity contribution in [2.45, 2.75) is 19.9 Å². The summed E-state index contributed by atoms with van der Waals surface area (Å²) >= 11 is 0. The number of nitrogens with zero attached hydrogens (tertiary/aromatic N) is 2. The fourth-order valence-electron chi connectivity index (χ4n) is 2.67. The lowest BCUT2D eigenvalue weighted by Crippen LogP contribution is -2.31. The molecule has 0 N–H and O–H groups in total. The summed E-state index contributed by atoms with van der Waals surface area (Å²) in [5.41, 5.74) is 1.93. The minimum absolute atomic E-state index is 0.0699. The van der Waals surface area contributed by atoms with Crippen molar-refractivity contribution in [2.75, 3.05) is 13.7 Å². The van der Waals surface area contributed by atoms with Crippen LogP contribution in [0.1, 0.15) is 18.2 Å². The highest BCUT2D eigenvalue weighted by atomic mass is 19.1. The molecule has 3 aromatic rings. The molecule has 0 bridgehead atoms. The summed E-state index contributed by atoms with van der Waals surface area (Å²) in [5.74, 6) is 0.307. The van der Waals surface area contributed by atoms with E-state index < -0.39 is 0 Å². The Morgan fingerprint density at radius 2 is 2.00 bits per heavy atom. The molecule has 0 saturated heterocycles. The van der Waals surface area contributed by atoms with Crippen molar-refractivity contribution in [1.29, 1.82) is 0 Å².